The van der Waals surface area contributed by atoms with Gasteiger partial charge in [-0.05, 0) is 17.2 Å². The van der Waals surface area contributed by atoms with Crippen LogP contribution in [0.4, 0.5) is 0 Å². The zero-order valence-corrected chi connectivity index (χ0v) is 15.6. The second kappa shape index (κ2) is 9.35. The van der Waals surface area contributed by atoms with Gasteiger partial charge in [0.15, 0.2) is 5.96 Å². The number of nitrogens with zero attached hydrogens (tertiary/aromatic N) is 4. The third-order valence-electron chi connectivity index (χ3n) is 4.54. The quantitative estimate of drug-likeness (QED) is 0.600. The first-order valence-electron chi connectivity index (χ1n) is 9.04. The van der Waals surface area contributed by atoms with Crippen molar-refractivity contribution in [3.05, 3.63) is 53.3 Å². The molecule has 0 unspecified atom stereocenters. The third-order valence-corrected chi connectivity index (χ3v) is 4.54. The van der Waals surface area contributed by atoms with Crippen molar-refractivity contribution in [1.82, 2.24) is 25.3 Å². The Kier molecular flexibility index (Phi) is 6.62. The van der Waals surface area contributed by atoms with Gasteiger partial charge in [-0.15, -0.1) is 0 Å². The van der Waals surface area contributed by atoms with Gasteiger partial charge >= 0.3 is 0 Å². The zero-order chi connectivity index (χ0) is 18.2. The van der Waals surface area contributed by atoms with Gasteiger partial charge in [0.1, 0.15) is 0 Å². The van der Waals surface area contributed by atoms with Gasteiger partial charge in [-0.25, -0.2) is 0 Å². The normalized spacial score (nSPS) is 15.8. The Hall–Kier alpha value is -2.38. The number of morpholine rings is 1. The maximum Gasteiger partial charge on any atom is 0.191 e. The Morgan fingerprint density at radius 1 is 1.15 bits per heavy atom. The van der Waals surface area contributed by atoms with Gasteiger partial charge in [0, 0.05) is 46.5 Å². The van der Waals surface area contributed by atoms with Crippen molar-refractivity contribution in [3.8, 4) is 0 Å². The average molecular weight is 356 g/mol. The van der Waals surface area contributed by atoms with Gasteiger partial charge in [0.2, 0.25) is 0 Å². The lowest BCUT2D eigenvalue weighted by molar-refractivity contribution is 0.0342. The highest BCUT2D eigenvalue weighted by Gasteiger charge is 2.10. The summed E-state index contributed by atoms with van der Waals surface area (Å²) in [5, 5.41) is 10.9. The summed E-state index contributed by atoms with van der Waals surface area (Å²) in [6.07, 6.45) is 1.80. The lowest BCUT2D eigenvalue weighted by Crippen LogP contribution is -2.37. The Labute approximate surface area is 155 Å². The Morgan fingerprint density at radius 3 is 2.65 bits per heavy atom. The monoisotopic (exact) mass is 356 g/mol. The smallest absolute Gasteiger partial charge is 0.191 e. The molecular formula is C19H28N6O. The van der Waals surface area contributed by atoms with E-state index in [9.17, 15) is 0 Å². The highest BCUT2D eigenvalue weighted by molar-refractivity contribution is 5.79. The minimum atomic E-state index is 0.688. The molecule has 0 atom stereocenters. The van der Waals surface area contributed by atoms with Crippen LogP contribution in [0.3, 0.4) is 0 Å². The first-order chi connectivity index (χ1) is 12.7. The maximum atomic E-state index is 5.42. The van der Waals surface area contributed by atoms with Crippen LogP contribution in [0.25, 0.3) is 0 Å². The van der Waals surface area contributed by atoms with Crippen molar-refractivity contribution in [3.63, 3.8) is 0 Å². The highest BCUT2D eigenvalue weighted by atomic mass is 16.5. The molecule has 2 N–H and O–H groups in total. The van der Waals surface area contributed by atoms with E-state index >= 15 is 0 Å². The number of hydrogen-bond donors (Lipinski definition) is 2. The maximum absolute atomic E-state index is 5.42. The number of aryl methyl sites for hydroxylation is 1. The van der Waals surface area contributed by atoms with Crippen molar-refractivity contribution in [2.24, 2.45) is 12.0 Å². The number of aliphatic imine (C=N–C) groups is 1. The molecule has 7 nitrogen and oxygen atoms in total. The van der Waals surface area contributed by atoms with Crippen LogP contribution in [-0.2, 0) is 31.4 Å². The lowest BCUT2D eigenvalue weighted by Gasteiger charge is -2.26. The van der Waals surface area contributed by atoms with Crippen LogP contribution in [0.15, 0.2) is 41.5 Å². The van der Waals surface area contributed by atoms with Crippen molar-refractivity contribution >= 4 is 5.96 Å². The van der Waals surface area contributed by atoms with Gasteiger partial charge < -0.3 is 15.4 Å². The van der Waals surface area contributed by atoms with Crippen molar-refractivity contribution in [1.29, 1.82) is 0 Å². The molecule has 0 radical (unpaired) electrons. The first-order valence-corrected chi connectivity index (χ1v) is 9.04. The van der Waals surface area contributed by atoms with Crippen LogP contribution < -0.4 is 10.6 Å². The molecule has 2 aromatic rings. The van der Waals surface area contributed by atoms with Crippen molar-refractivity contribution in [2.75, 3.05) is 33.4 Å². The number of rotatable bonds is 6. The minimum absolute atomic E-state index is 0.688. The molecule has 26 heavy (non-hydrogen) atoms. The number of guanidine groups is 1. The van der Waals surface area contributed by atoms with E-state index in [1.54, 1.807) is 13.2 Å². The van der Waals surface area contributed by atoms with E-state index in [-0.39, 0.29) is 0 Å². The van der Waals surface area contributed by atoms with Crippen LogP contribution >= 0.6 is 0 Å². The van der Waals surface area contributed by atoms with E-state index < -0.39 is 0 Å². The van der Waals surface area contributed by atoms with Gasteiger partial charge in [-0.2, -0.15) is 5.10 Å². The molecule has 1 fully saturated rings. The van der Waals surface area contributed by atoms with Crippen LogP contribution in [0.5, 0.6) is 0 Å². The Balaban J connectivity index is 1.49. The predicted molar refractivity (Wildman–Crippen MR) is 103 cm³/mol. The van der Waals surface area contributed by atoms with Crippen LogP contribution in [-0.4, -0.2) is 54.0 Å². The summed E-state index contributed by atoms with van der Waals surface area (Å²) in [6.45, 7) is 6.08. The molecule has 0 bridgehead atoms. The van der Waals surface area contributed by atoms with Crippen LogP contribution in [0.2, 0.25) is 0 Å². The second-order valence-corrected chi connectivity index (χ2v) is 6.43. The molecule has 7 heteroatoms. The molecule has 1 saturated heterocycles. The van der Waals surface area contributed by atoms with E-state index in [1.165, 1.54) is 11.1 Å². The fourth-order valence-corrected chi connectivity index (χ4v) is 3.01. The van der Waals surface area contributed by atoms with Gasteiger partial charge in [0.05, 0.1) is 25.5 Å². The van der Waals surface area contributed by atoms with Gasteiger partial charge in [-0.3, -0.25) is 14.6 Å². The van der Waals surface area contributed by atoms with Crippen molar-refractivity contribution < 1.29 is 4.74 Å². The van der Waals surface area contributed by atoms with E-state index in [1.807, 2.05) is 17.8 Å². The molecule has 0 aliphatic carbocycles. The SMILES string of the molecule is CN=C(NCc1cccc(CN2CCOCC2)c1)NCc1ccnn1C. The predicted octanol–water partition coefficient (Wildman–Crippen LogP) is 1.12. The molecule has 1 aliphatic rings. The summed E-state index contributed by atoms with van der Waals surface area (Å²) in [6, 6.07) is 10.7. The molecule has 0 spiro atoms. The van der Waals surface area contributed by atoms with E-state index in [0.717, 1.165) is 51.0 Å². The standard InChI is InChI=1S/C19H28N6O/c1-20-19(22-14-18-6-7-23-24(18)2)21-13-16-4-3-5-17(12-16)15-25-8-10-26-11-9-25/h3-7,12H,8-11,13-15H2,1-2H3,(H2,20,21,22). The molecule has 1 aromatic carbocycles. The summed E-state index contributed by atoms with van der Waals surface area (Å²) in [5.74, 6) is 0.782. The molecule has 2 heterocycles. The third kappa shape index (κ3) is 5.31. The van der Waals surface area contributed by atoms with Gasteiger partial charge in [-0.1, -0.05) is 24.3 Å². The Morgan fingerprint density at radius 2 is 1.92 bits per heavy atom. The van der Waals surface area contributed by atoms with E-state index in [4.69, 9.17) is 4.74 Å². The van der Waals surface area contributed by atoms with Crippen molar-refractivity contribution in [2.45, 2.75) is 19.6 Å². The van der Waals surface area contributed by atoms with Crippen LogP contribution in [0, 0.1) is 0 Å². The molecule has 0 saturated carbocycles. The number of aromatic nitrogens is 2. The number of nitrogens with one attached hydrogen (secondary N) is 2. The first kappa shape index (κ1) is 18.4. The summed E-state index contributed by atoms with van der Waals surface area (Å²) >= 11 is 0. The highest BCUT2D eigenvalue weighted by Crippen LogP contribution is 2.10. The molecule has 0 amide bonds. The summed E-state index contributed by atoms with van der Waals surface area (Å²) < 4.78 is 7.27. The number of benzene rings is 1. The second-order valence-electron chi connectivity index (χ2n) is 6.43. The lowest BCUT2D eigenvalue weighted by atomic mass is 10.1. The number of hydrogen-bond acceptors (Lipinski definition) is 4. The van der Waals surface area contributed by atoms with E-state index in [2.05, 4.69) is 49.9 Å². The van der Waals surface area contributed by atoms with E-state index in [0.29, 0.717) is 6.54 Å². The summed E-state index contributed by atoms with van der Waals surface area (Å²) in [4.78, 5) is 6.73. The summed E-state index contributed by atoms with van der Waals surface area (Å²) in [5.41, 5.74) is 3.70. The summed E-state index contributed by atoms with van der Waals surface area (Å²) in [7, 11) is 3.72. The average Bonchev–Trinajstić information content (AvgIpc) is 3.08. The minimum Gasteiger partial charge on any atom is -0.379 e. The molecule has 1 aromatic heterocycles. The van der Waals surface area contributed by atoms with Gasteiger partial charge in [0.25, 0.3) is 0 Å². The molecule has 3 rings (SSSR count). The largest absolute Gasteiger partial charge is 0.379 e. The fourth-order valence-electron chi connectivity index (χ4n) is 3.01. The molecule has 140 valence electrons. The molecular weight excluding hydrogens is 328 g/mol. The van der Waals surface area contributed by atoms with Crippen LogP contribution in [0.1, 0.15) is 16.8 Å². The molecule has 1 aliphatic heterocycles. The number of ether oxygens (including phenoxy) is 1. The fraction of sp³-hybridized carbons (Fsp3) is 0.474. The zero-order valence-electron chi connectivity index (χ0n) is 15.6. The Bertz CT molecular complexity index is 720. The topological polar surface area (TPSA) is 66.7 Å².